The van der Waals surface area contributed by atoms with Crippen molar-refractivity contribution >= 4 is 41.8 Å². The lowest BCUT2D eigenvalue weighted by molar-refractivity contribution is -0.154. The number of amides is 1. The minimum Gasteiger partial charge on any atom is -0.460 e. The molecule has 7 nitrogen and oxygen atoms in total. The number of hydrogen-bond donors (Lipinski definition) is 2. The molecule has 1 amide bonds. The lowest BCUT2D eigenvalue weighted by Gasteiger charge is -2.19. The Kier molecular flexibility index (Phi) is 12.5. The summed E-state index contributed by atoms with van der Waals surface area (Å²) in [4.78, 5) is 29.4. The molecule has 0 unspecified atom stereocenters. The van der Waals surface area contributed by atoms with Crippen molar-refractivity contribution in [1.82, 2.24) is 15.5 Å². The molecule has 0 spiro atoms. The highest BCUT2D eigenvalue weighted by Gasteiger charge is 2.15. The molecular formula is C20H33IN4O3. The number of hydrogen-bond acceptors (Lipinski definition) is 4. The summed E-state index contributed by atoms with van der Waals surface area (Å²) >= 11 is 0. The van der Waals surface area contributed by atoms with E-state index in [9.17, 15) is 9.59 Å². The number of aliphatic imine (C=N–C) groups is 1. The van der Waals surface area contributed by atoms with E-state index in [1.807, 2.05) is 39.0 Å². The van der Waals surface area contributed by atoms with Crippen LogP contribution in [0.15, 0.2) is 35.3 Å². The number of rotatable bonds is 8. The van der Waals surface area contributed by atoms with E-state index in [2.05, 4.69) is 27.8 Å². The van der Waals surface area contributed by atoms with Crippen molar-refractivity contribution in [2.75, 3.05) is 33.7 Å². The minimum absolute atomic E-state index is 0. The van der Waals surface area contributed by atoms with Gasteiger partial charge in [0.25, 0.3) is 0 Å². The van der Waals surface area contributed by atoms with Crippen molar-refractivity contribution in [3.05, 3.63) is 35.9 Å². The van der Waals surface area contributed by atoms with E-state index in [-0.39, 0.29) is 48.8 Å². The maximum Gasteiger partial charge on any atom is 0.308 e. The molecule has 0 atom stereocenters. The predicted octanol–water partition coefficient (Wildman–Crippen LogP) is 2.20. The summed E-state index contributed by atoms with van der Waals surface area (Å²) in [5, 5.41) is 6.28. The molecule has 0 aliphatic heterocycles. The summed E-state index contributed by atoms with van der Waals surface area (Å²) in [6.45, 7) is 6.59. The highest BCUT2D eigenvalue weighted by Crippen LogP contribution is 2.07. The fraction of sp³-hybridized carbons (Fsp3) is 0.550. The van der Waals surface area contributed by atoms with Gasteiger partial charge in [0.1, 0.15) is 12.1 Å². The summed E-state index contributed by atoms with van der Waals surface area (Å²) in [7, 11) is 3.38. The molecule has 28 heavy (non-hydrogen) atoms. The summed E-state index contributed by atoms with van der Waals surface area (Å²) in [6.07, 6.45) is 1.05. The maximum atomic E-state index is 11.8. The maximum absolute atomic E-state index is 11.8. The van der Waals surface area contributed by atoms with Gasteiger partial charge in [-0.2, -0.15) is 0 Å². The minimum atomic E-state index is -0.500. The van der Waals surface area contributed by atoms with E-state index in [0.717, 1.165) is 6.42 Å². The summed E-state index contributed by atoms with van der Waals surface area (Å²) in [5.41, 5.74) is 0.711. The number of halogens is 1. The van der Waals surface area contributed by atoms with Gasteiger partial charge < -0.3 is 20.3 Å². The fourth-order valence-corrected chi connectivity index (χ4v) is 2.11. The predicted molar refractivity (Wildman–Crippen MR) is 123 cm³/mol. The molecule has 8 heteroatoms. The molecule has 0 aliphatic carbocycles. The number of nitrogens with zero attached hydrogens (tertiary/aromatic N) is 2. The zero-order valence-electron chi connectivity index (χ0n) is 17.4. The molecule has 0 saturated carbocycles. The normalized spacial score (nSPS) is 11.2. The van der Waals surface area contributed by atoms with Crippen LogP contribution in [0.3, 0.4) is 0 Å². The molecule has 0 aromatic heterocycles. The van der Waals surface area contributed by atoms with Crippen molar-refractivity contribution in [2.45, 2.75) is 39.2 Å². The highest BCUT2D eigenvalue weighted by atomic mass is 127. The van der Waals surface area contributed by atoms with Gasteiger partial charge >= 0.3 is 5.97 Å². The standard InChI is InChI=1S/C20H32N4O3.HI/c1-20(2,3)27-18(26)12-14-22-19(23-15-17(25)24(4)5)21-13-11-16-9-7-6-8-10-16;/h6-10H,11-15H2,1-5H3,(H2,21,22,23);1H. The van der Waals surface area contributed by atoms with Crippen molar-refractivity contribution in [3.8, 4) is 0 Å². The van der Waals surface area contributed by atoms with Crippen molar-refractivity contribution < 1.29 is 14.3 Å². The van der Waals surface area contributed by atoms with Crippen LogP contribution in [0.1, 0.15) is 32.8 Å². The van der Waals surface area contributed by atoms with E-state index in [0.29, 0.717) is 19.0 Å². The van der Waals surface area contributed by atoms with E-state index in [4.69, 9.17) is 4.74 Å². The smallest absolute Gasteiger partial charge is 0.308 e. The largest absolute Gasteiger partial charge is 0.460 e. The van der Waals surface area contributed by atoms with Gasteiger partial charge in [-0.25, -0.2) is 4.99 Å². The van der Waals surface area contributed by atoms with Crippen LogP contribution >= 0.6 is 24.0 Å². The molecule has 0 aliphatic rings. The first-order chi connectivity index (χ1) is 12.7. The van der Waals surface area contributed by atoms with Gasteiger partial charge in [-0.1, -0.05) is 30.3 Å². The van der Waals surface area contributed by atoms with Crippen LogP contribution in [0.25, 0.3) is 0 Å². The average molecular weight is 504 g/mol. The molecule has 0 fully saturated rings. The number of ether oxygens (including phenoxy) is 1. The van der Waals surface area contributed by atoms with Crippen LogP contribution in [0.4, 0.5) is 0 Å². The molecule has 0 heterocycles. The SMILES string of the molecule is CN(C)C(=O)CN=C(NCCC(=O)OC(C)(C)C)NCCc1ccccc1.I. The Balaban J connectivity index is 0.00000729. The molecular weight excluding hydrogens is 471 g/mol. The van der Waals surface area contributed by atoms with Crippen LogP contribution in [-0.4, -0.2) is 62.1 Å². The summed E-state index contributed by atoms with van der Waals surface area (Å²) in [5.74, 6) is 0.138. The number of carbonyl (C=O) groups excluding carboxylic acids is 2. The van der Waals surface area contributed by atoms with Crippen molar-refractivity contribution in [2.24, 2.45) is 4.99 Å². The van der Waals surface area contributed by atoms with Gasteiger partial charge in [0, 0.05) is 27.2 Å². The second kappa shape index (κ2) is 13.4. The molecule has 2 N–H and O–H groups in total. The van der Waals surface area contributed by atoms with Crippen LogP contribution in [0.2, 0.25) is 0 Å². The molecule has 0 saturated heterocycles. The number of benzene rings is 1. The quantitative estimate of drug-likeness (QED) is 0.246. The van der Waals surface area contributed by atoms with E-state index in [1.54, 1.807) is 14.1 Å². The molecule has 1 aromatic rings. The fourth-order valence-electron chi connectivity index (χ4n) is 2.11. The Morgan fingerprint density at radius 3 is 2.25 bits per heavy atom. The van der Waals surface area contributed by atoms with E-state index < -0.39 is 5.60 Å². The van der Waals surface area contributed by atoms with Gasteiger partial charge in [0.05, 0.1) is 6.42 Å². The highest BCUT2D eigenvalue weighted by molar-refractivity contribution is 14.0. The molecule has 158 valence electrons. The van der Waals surface area contributed by atoms with Gasteiger partial charge in [0.15, 0.2) is 5.96 Å². The number of esters is 1. The second-order valence-corrected chi connectivity index (χ2v) is 7.38. The first-order valence-corrected chi connectivity index (χ1v) is 9.15. The molecule has 1 rings (SSSR count). The summed E-state index contributed by atoms with van der Waals surface area (Å²) in [6, 6.07) is 10.1. The third-order valence-electron chi connectivity index (χ3n) is 3.46. The third-order valence-corrected chi connectivity index (χ3v) is 3.46. The van der Waals surface area contributed by atoms with Gasteiger partial charge in [0.2, 0.25) is 5.91 Å². The van der Waals surface area contributed by atoms with Gasteiger partial charge in [-0.15, -0.1) is 24.0 Å². The van der Waals surface area contributed by atoms with Crippen molar-refractivity contribution in [1.29, 1.82) is 0 Å². The average Bonchev–Trinajstić information content (AvgIpc) is 2.58. The number of likely N-dealkylation sites (N-methyl/N-ethyl adjacent to an activating group) is 1. The Bertz CT molecular complexity index is 628. The van der Waals surface area contributed by atoms with E-state index >= 15 is 0 Å². The van der Waals surface area contributed by atoms with Crippen LogP contribution in [-0.2, 0) is 20.7 Å². The number of guanidine groups is 1. The second-order valence-electron chi connectivity index (χ2n) is 7.38. The van der Waals surface area contributed by atoms with Crippen LogP contribution < -0.4 is 10.6 Å². The summed E-state index contributed by atoms with van der Waals surface area (Å²) < 4.78 is 5.29. The van der Waals surface area contributed by atoms with Crippen LogP contribution in [0, 0.1) is 0 Å². The zero-order valence-corrected chi connectivity index (χ0v) is 19.8. The molecule has 0 bridgehead atoms. The Hall–Kier alpha value is -1.84. The lowest BCUT2D eigenvalue weighted by Crippen LogP contribution is -2.40. The lowest BCUT2D eigenvalue weighted by atomic mass is 10.1. The van der Waals surface area contributed by atoms with Gasteiger partial charge in [-0.3, -0.25) is 9.59 Å². The van der Waals surface area contributed by atoms with Gasteiger partial charge in [-0.05, 0) is 32.8 Å². The topological polar surface area (TPSA) is 83.0 Å². The zero-order chi connectivity index (χ0) is 20.3. The molecule has 0 radical (unpaired) electrons. The first-order valence-electron chi connectivity index (χ1n) is 9.15. The number of carbonyl (C=O) groups is 2. The third kappa shape index (κ3) is 12.5. The number of nitrogens with one attached hydrogen (secondary N) is 2. The van der Waals surface area contributed by atoms with Crippen LogP contribution in [0.5, 0.6) is 0 Å². The van der Waals surface area contributed by atoms with E-state index in [1.165, 1.54) is 10.5 Å². The molecule has 1 aromatic carbocycles. The monoisotopic (exact) mass is 504 g/mol. The Morgan fingerprint density at radius 2 is 1.68 bits per heavy atom. The van der Waals surface area contributed by atoms with Crippen molar-refractivity contribution in [3.63, 3.8) is 0 Å². The Morgan fingerprint density at radius 1 is 1.07 bits per heavy atom. The first kappa shape index (κ1) is 26.2. The Labute approximate surface area is 185 Å².